The van der Waals surface area contributed by atoms with Crippen molar-refractivity contribution in [1.82, 2.24) is 29.8 Å². The third kappa shape index (κ3) is 6.56. The van der Waals surface area contributed by atoms with E-state index < -0.39 is 0 Å². The molecular weight excluding hydrogens is 481 g/mol. The van der Waals surface area contributed by atoms with Crippen molar-refractivity contribution in [2.24, 2.45) is 4.99 Å². The van der Waals surface area contributed by atoms with Crippen LogP contribution in [0.2, 0.25) is 0 Å². The largest absolute Gasteiger partial charge is 0.356 e. The van der Waals surface area contributed by atoms with Crippen LogP contribution in [0.15, 0.2) is 17.4 Å². The molecule has 1 aromatic rings. The minimum Gasteiger partial charge on any atom is -0.356 e. The molecule has 8 nitrogen and oxygen atoms in total. The number of aliphatic imine (C=N–C) groups is 1. The maximum Gasteiger partial charge on any atom is 0.239 e. The van der Waals surface area contributed by atoms with Crippen molar-refractivity contribution in [1.29, 1.82) is 0 Å². The monoisotopic (exact) mass is 517 g/mol. The number of rotatable bonds is 6. The van der Waals surface area contributed by atoms with Crippen molar-refractivity contribution in [3.63, 3.8) is 0 Å². The highest BCUT2D eigenvalue weighted by Crippen LogP contribution is 2.14. The summed E-state index contributed by atoms with van der Waals surface area (Å²) in [5, 5.41) is 7.79. The molecule has 0 saturated carbocycles. The highest BCUT2D eigenvalue weighted by molar-refractivity contribution is 14.0. The van der Waals surface area contributed by atoms with E-state index in [4.69, 9.17) is 0 Å². The Labute approximate surface area is 191 Å². The van der Waals surface area contributed by atoms with E-state index in [9.17, 15) is 4.79 Å². The predicted octanol–water partition coefficient (Wildman–Crippen LogP) is 1.40. The lowest BCUT2D eigenvalue weighted by molar-refractivity contribution is -0.135. The number of carbonyl (C=O) groups is 1. The number of carbonyl (C=O) groups excluding carboxylic acids is 1. The normalized spacial score (nSPS) is 19.2. The van der Waals surface area contributed by atoms with Crippen LogP contribution in [0.25, 0.3) is 0 Å². The minimum atomic E-state index is -0.0206. The fourth-order valence-electron chi connectivity index (χ4n) is 4.04. The molecule has 0 aromatic carbocycles. The molecule has 2 aliphatic heterocycles. The van der Waals surface area contributed by atoms with Gasteiger partial charge in [0.15, 0.2) is 5.96 Å². The zero-order chi connectivity index (χ0) is 19.9. The summed E-state index contributed by atoms with van der Waals surface area (Å²) in [5.74, 6) is 1.25. The Morgan fingerprint density at radius 1 is 1.17 bits per heavy atom. The van der Waals surface area contributed by atoms with Gasteiger partial charge in [-0.25, -0.2) is 0 Å². The third-order valence-electron chi connectivity index (χ3n) is 5.76. The van der Waals surface area contributed by atoms with Crippen LogP contribution in [-0.2, 0) is 11.3 Å². The van der Waals surface area contributed by atoms with Crippen molar-refractivity contribution in [3.05, 3.63) is 18.0 Å². The summed E-state index contributed by atoms with van der Waals surface area (Å²) in [4.78, 5) is 23.7. The lowest BCUT2D eigenvalue weighted by atomic mass is 10.2. The topological polar surface area (TPSA) is 69.0 Å². The van der Waals surface area contributed by atoms with Gasteiger partial charge in [-0.3, -0.25) is 19.4 Å². The van der Waals surface area contributed by atoms with E-state index >= 15 is 0 Å². The molecule has 2 fully saturated rings. The van der Waals surface area contributed by atoms with Gasteiger partial charge in [0.1, 0.15) is 0 Å². The van der Waals surface area contributed by atoms with Crippen molar-refractivity contribution in [3.8, 4) is 0 Å². The van der Waals surface area contributed by atoms with Gasteiger partial charge in [-0.1, -0.05) is 0 Å². The summed E-state index contributed by atoms with van der Waals surface area (Å²) in [7, 11) is 1.84. The Balaban J connectivity index is 0.00000300. The molecule has 164 valence electrons. The quantitative estimate of drug-likeness (QED) is 0.268. The standard InChI is InChI=1S/C20H35N7O.HI/c1-17-15-23-27(16-17)10-6-7-22-20(21-3)26-13-11-24(12-14-26)18(2)19(28)25-8-4-5-9-25;/h15-16,18H,4-14H2,1-3H3,(H,21,22);1H. The Morgan fingerprint density at radius 3 is 2.45 bits per heavy atom. The molecule has 1 unspecified atom stereocenters. The summed E-state index contributed by atoms with van der Waals surface area (Å²) in [6.07, 6.45) is 7.25. The Bertz CT molecular complexity index is 664. The van der Waals surface area contributed by atoms with Crippen LogP contribution < -0.4 is 5.32 Å². The van der Waals surface area contributed by atoms with Gasteiger partial charge < -0.3 is 15.1 Å². The number of amides is 1. The first-order chi connectivity index (χ1) is 13.6. The Kier molecular flexibility index (Phi) is 9.67. The fourth-order valence-corrected chi connectivity index (χ4v) is 4.04. The van der Waals surface area contributed by atoms with Gasteiger partial charge in [-0.05, 0) is 38.7 Å². The molecule has 0 aliphatic carbocycles. The van der Waals surface area contributed by atoms with Crippen molar-refractivity contribution >= 4 is 35.8 Å². The second-order valence-corrected chi connectivity index (χ2v) is 7.84. The summed E-state index contributed by atoms with van der Waals surface area (Å²) in [6, 6.07) is -0.0206. The smallest absolute Gasteiger partial charge is 0.239 e. The van der Waals surface area contributed by atoms with Gasteiger partial charge in [0.2, 0.25) is 5.91 Å². The van der Waals surface area contributed by atoms with Gasteiger partial charge in [0.25, 0.3) is 0 Å². The highest BCUT2D eigenvalue weighted by atomic mass is 127. The number of halogens is 1. The van der Waals surface area contributed by atoms with Crippen LogP contribution in [0.1, 0.15) is 31.7 Å². The Morgan fingerprint density at radius 2 is 1.86 bits per heavy atom. The lowest BCUT2D eigenvalue weighted by Gasteiger charge is -2.39. The summed E-state index contributed by atoms with van der Waals surface area (Å²) in [6.45, 7) is 11.3. The molecule has 3 heterocycles. The van der Waals surface area contributed by atoms with Gasteiger partial charge in [0.05, 0.1) is 12.2 Å². The number of hydrogen-bond acceptors (Lipinski definition) is 4. The fraction of sp³-hybridized carbons (Fsp3) is 0.750. The molecule has 0 spiro atoms. The second kappa shape index (κ2) is 11.7. The molecule has 3 rings (SSSR count). The number of nitrogens with zero attached hydrogens (tertiary/aromatic N) is 6. The summed E-state index contributed by atoms with van der Waals surface area (Å²) < 4.78 is 1.98. The number of nitrogens with one attached hydrogen (secondary N) is 1. The molecular formula is C20H36IN7O. The predicted molar refractivity (Wildman–Crippen MR) is 127 cm³/mol. The van der Waals surface area contributed by atoms with Crippen LogP contribution >= 0.6 is 24.0 Å². The van der Waals surface area contributed by atoms with Gasteiger partial charge >= 0.3 is 0 Å². The summed E-state index contributed by atoms with van der Waals surface area (Å²) >= 11 is 0. The molecule has 1 amide bonds. The SMILES string of the molecule is CN=C(NCCCn1cc(C)cn1)N1CCN(C(C)C(=O)N2CCCC2)CC1.I. The average molecular weight is 517 g/mol. The molecule has 2 aliphatic rings. The van der Waals surface area contributed by atoms with Crippen LogP contribution in [0, 0.1) is 6.92 Å². The van der Waals surface area contributed by atoms with Crippen LogP contribution in [0.5, 0.6) is 0 Å². The van der Waals surface area contributed by atoms with Crippen LogP contribution in [-0.4, -0.2) is 95.2 Å². The zero-order valence-corrected chi connectivity index (χ0v) is 20.3. The first-order valence-electron chi connectivity index (χ1n) is 10.6. The van der Waals surface area contributed by atoms with Gasteiger partial charge in [0, 0.05) is 65.6 Å². The van der Waals surface area contributed by atoms with E-state index in [1.807, 2.05) is 22.8 Å². The molecule has 0 radical (unpaired) electrons. The number of guanidine groups is 1. The van der Waals surface area contributed by atoms with E-state index in [0.717, 1.165) is 77.6 Å². The van der Waals surface area contributed by atoms with Gasteiger partial charge in [-0.15, -0.1) is 24.0 Å². The molecule has 0 bridgehead atoms. The van der Waals surface area contributed by atoms with Crippen LogP contribution in [0.3, 0.4) is 0 Å². The van der Waals surface area contributed by atoms with Crippen molar-refractivity contribution in [2.45, 2.75) is 45.7 Å². The first kappa shape index (κ1) is 23.9. The number of likely N-dealkylation sites (tertiary alicyclic amines) is 1. The van der Waals surface area contributed by atoms with Crippen molar-refractivity contribution < 1.29 is 4.79 Å². The van der Waals surface area contributed by atoms with Crippen LogP contribution in [0.4, 0.5) is 0 Å². The second-order valence-electron chi connectivity index (χ2n) is 7.84. The zero-order valence-electron chi connectivity index (χ0n) is 18.0. The van der Waals surface area contributed by atoms with E-state index in [1.54, 1.807) is 0 Å². The van der Waals surface area contributed by atoms with Crippen molar-refractivity contribution in [2.75, 3.05) is 52.9 Å². The summed E-state index contributed by atoms with van der Waals surface area (Å²) in [5.41, 5.74) is 1.19. The molecule has 9 heteroatoms. The molecule has 1 atom stereocenters. The van der Waals surface area contributed by atoms with E-state index in [1.165, 1.54) is 5.56 Å². The molecule has 1 N–H and O–H groups in total. The van der Waals surface area contributed by atoms with E-state index in [-0.39, 0.29) is 30.0 Å². The van der Waals surface area contributed by atoms with E-state index in [2.05, 4.69) is 45.3 Å². The number of hydrogen-bond donors (Lipinski definition) is 1. The third-order valence-corrected chi connectivity index (χ3v) is 5.76. The Hall–Kier alpha value is -1.36. The van der Waals surface area contributed by atoms with E-state index in [0.29, 0.717) is 5.91 Å². The molecule has 29 heavy (non-hydrogen) atoms. The number of aromatic nitrogens is 2. The average Bonchev–Trinajstić information content (AvgIpc) is 3.39. The van der Waals surface area contributed by atoms with Gasteiger partial charge in [-0.2, -0.15) is 5.10 Å². The highest BCUT2D eigenvalue weighted by Gasteiger charge is 2.30. The maximum absolute atomic E-state index is 12.6. The lowest BCUT2D eigenvalue weighted by Crippen LogP contribution is -2.57. The number of piperazine rings is 1. The molecule has 1 aromatic heterocycles. The first-order valence-corrected chi connectivity index (χ1v) is 10.6. The minimum absolute atomic E-state index is 0. The molecule has 2 saturated heterocycles. The maximum atomic E-state index is 12.6. The number of aryl methyl sites for hydroxylation is 2.